The Hall–Kier alpha value is -3.07. The molecule has 2 unspecified atom stereocenters. The third-order valence-electron chi connectivity index (χ3n) is 6.80. The summed E-state index contributed by atoms with van der Waals surface area (Å²) in [5.41, 5.74) is 9.55. The summed E-state index contributed by atoms with van der Waals surface area (Å²) in [6.07, 6.45) is 7.07. The van der Waals surface area contributed by atoms with Gasteiger partial charge in [0, 0.05) is 29.1 Å². The van der Waals surface area contributed by atoms with Crippen molar-refractivity contribution in [2.24, 2.45) is 0 Å². The summed E-state index contributed by atoms with van der Waals surface area (Å²) in [4.78, 5) is 14.7. The third-order valence-corrected chi connectivity index (χ3v) is 6.80. The van der Waals surface area contributed by atoms with E-state index in [1.165, 1.54) is 33.5 Å². The van der Waals surface area contributed by atoms with Crippen LogP contribution in [0.25, 0.3) is 5.57 Å². The number of carbonyl (C=O) groups is 1. The lowest BCUT2D eigenvalue weighted by molar-refractivity contribution is -0.118. The molecule has 2 heterocycles. The number of carbonyl (C=O) groups excluding carboxylic acids is 1. The Bertz CT molecular complexity index is 1090. The Balaban J connectivity index is 1.44. The van der Waals surface area contributed by atoms with E-state index in [1.807, 2.05) is 0 Å². The molecule has 0 radical (unpaired) electrons. The van der Waals surface area contributed by atoms with Gasteiger partial charge in [-0.05, 0) is 54.9 Å². The van der Waals surface area contributed by atoms with Crippen molar-refractivity contribution in [3.8, 4) is 0 Å². The van der Waals surface area contributed by atoms with Crippen LogP contribution in [0, 0.1) is 0 Å². The zero-order valence-electron chi connectivity index (χ0n) is 17.6. The van der Waals surface area contributed by atoms with Crippen LogP contribution in [0.5, 0.6) is 0 Å². The number of aryl methyl sites for hydroxylation is 2. The van der Waals surface area contributed by atoms with E-state index in [2.05, 4.69) is 71.9 Å². The monoisotopic (exact) mass is 396 g/mol. The number of Topliss-reactive ketones (excluding diaryl/α,β-unsaturated/α-hetero) is 1. The van der Waals surface area contributed by atoms with Crippen LogP contribution in [-0.4, -0.2) is 17.9 Å². The van der Waals surface area contributed by atoms with Gasteiger partial charge in [0.25, 0.3) is 0 Å². The predicted octanol–water partition coefficient (Wildman–Crippen LogP) is 4.97. The molecule has 2 atom stereocenters. The Morgan fingerprint density at radius 2 is 1.83 bits per heavy atom. The SMILES string of the molecule is C=C(NC1CCc2cccc3c2N(C1=C)C(C(C)=O)C3)C1=CCCc2ccccc21. The van der Waals surface area contributed by atoms with Gasteiger partial charge >= 0.3 is 0 Å². The molecule has 0 saturated carbocycles. The van der Waals surface area contributed by atoms with E-state index in [0.717, 1.165) is 43.5 Å². The van der Waals surface area contributed by atoms with Crippen molar-refractivity contribution in [2.75, 3.05) is 4.90 Å². The summed E-state index contributed by atoms with van der Waals surface area (Å²) in [5.74, 6) is 0.196. The van der Waals surface area contributed by atoms with E-state index in [1.54, 1.807) is 6.92 Å². The average Bonchev–Trinajstić information content (AvgIpc) is 3.10. The van der Waals surface area contributed by atoms with E-state index in [9.17, 15) is 4.79 Å². The highest BCUT2D eigenvalue weighted by Gasteiger charge is 2.39. The number of allylic oxidation sites excluding steroid dienone is 2. The maximum absolute atomic E-state index is 12.5. The van der Waals surface area contributed by atoms with Crippen LogP contribution in [0.1, 0.15) is 42.0 Å². The molecule has 1 aliphatic carbocycles. The number of nitrogens with zero attached hydrogens (tertiary/aromatic N) is 1. The molecular weight excluding hydrogens is 368 g/mol. The molecule has 0 aromatic heterocycles. The summed E-state index contributed by atoms with van der Waals surface area (Å²) in [6.45, 7) is 10.6. The fraction of sp³-hybridized carbons (Fsp3) is 0.296. The highest BCUT2D eigenvalue weighted by atomic mass is 16.1. The number of rotatable bonds is 4. The fourth-order valence-corrected chi connectivity index (χ4v) is 5.29. The van der Waals surface area contributed by atoms with Crippen molar-refractivity contribution in [3.05, 3.63) is 95.3 Å². The number of nitrogens with one attached hydrogen (secondary N) is 1. The predicted molar refractivity (Wildman–Crippen MR) is 123 cm³/mol. The Labute approximate surface area is 178 Å². The molecule has 2 aliphatic heterocycles. The third kappa shape index (κ3) is 3.00. The molecule has 5 rings (SSSR count). The van der Waals surface area contributed by atoms with Gasteiger partial charge in [0.2, 0.25) is 0 Å². The first kappa shape index (κ1) is 18.9. The van der Waals surface area contributed by atoms with Crippen LogP contribution < -0.4 is 10.2 Å². The number of ketones is 1. The maximum atomic E-state index is 12.5. The zero-order valence-corrected chi connectivity index (χ0v) is 17.6. The highest BCUT2D eigenvalue weighted by Crippen LogP contribution is 2.42. The van der Waals surface area contributed by atoms with Crippen LogP contribution in [0.2, 0.25) is 0 Å². The number of fused-ring (bicyclic) bond motifs is 1. The fourth-order valence-electron chi connectivity index (χ4n) is 5.29. The van der Waals surface area contributed by atoms with E-state index in [-0.39, 0.29) is 17.9 Å². The maximum Gasteiger partial charge on any atom is 0.152 e. The number of anilines is 1. The molecule has 0 amide bonds. The first-order valence-electron chi connectivity index (χ1n) is 10.9. The average molecular weight is 397 g/mol. The Kier molecular flexibility index (Phi) is 4.62. The zero-order chi connectivity index (χ0) is 20.8. The smallest absolute Gasteiger partial charge is 0.152 e. The van der Waals surface area contributed by atoms with E-state index >= 15 is 0 Å². The molecule has 152 valence electrons. The normalized spacial score (nSPS) is 22.0. The second kappa shape index (κ2) is 7.32. The number of hydrogen-bond acceptors (Lipinski definition) is 3. The summed E-state index contributed by atoms with van der Waals surface area (Å²) in [6, 6.07) is 15.0. The minimum atomic E-state index is -0.154. The van der Waals surface area contributed by atoms with Gasteiger partial charge in [-0.3, -0.25) is 4.79 Å². The molecule has 2 aromatic carbocycles. The summed E-state index contributed by atoms with van der Waals surface area (Å²) in [5, 5.41) is 3.69. The van der Waals surface area contributed by atoms with Gasteiger partial charge in [-0.1, -0.05) is 61.7 Å². The lowest BCUT2D eigenvalue weighted by atomic mass is 9.89. The van der Waals surface area contributed by atoms with Gasteiger partial charge in [0.15, 0.2) is 5.78 Å². The number of hydrogen-bond donors (Lipinski definition) is 1. The molecule has 0 fully saturated rings. The minimum Gasteiger partial charge on any atom is -0.377 e. The minimum absolute atomic E-state index is 0.0488. The molecule has 0 bridgehead atoms. The van der Waals surface area contributed by atoms with Crippen LogP contribution in [0.3, 0.4) is 0 Å². The second-order valence-corrected chi connectivity index (χ2v) is 8.64. The van der Waals surface area contributed by atoms with Crippen LogP contribution in [-0.2, 0) is 24.1 Å². The second-order valence-electron chi connectivity index (χ2n) is 8.64. The lowest BCUT2D eigenvalue weighted by Crippen LogP contribution is -2.43. The molecular formula is C27H28N2O. The molecule has 30 heavy (non-hydrogen) atoms. The topological polar surface area (TPSA) is 32.3 Å². The van der Waals surface area contributed by atoms with E-state index < -0.39 is 0 Å². The quantitative estimate of drug-likeness (QED) is 0.792. The molecule has 0 spiro atoms. The van der Waals surface area contributed by atoms with Gasteiger partial charge in [0.05, 0.1) is 12.1 Å². The van der Waals surface area contributed by atoms with Gasteiger partial charge in [0.1, 0.15) is 0 Å². The van der Waals surface area contributed by atoms with Gasteiger partial charge < -0.3 is 10.2 Å². The van der Waals surface area contributed by atoms with Gasteiger partial charge in [-0.2, -0.15) is 0 Å². The van der Waals surface area contributed by atoms with E-state index in [4.69, 9.17) is 0 Å². The van der Waals surface area contributed by atoms with Crippen molar-refractivity contribution in [3.63, 3.8) is 0 Å². The first-order chi connectivity index (χ1) is 14.5. The van der Waals surface area contributed by atoms with Crippen molar-refractivity contribution in [1.29, 1.82) is 0 Å². The molecule has 3 aliphatic rings. The van der Waals surface area contributed by atoms with Crippen molar-refractivity contribution in [1.82, 2.24) is 5.32 Å². The largest absolute Gasteiger partial charge is 0.377 e. The molecule has 1 N–H and O–H groups in total. The molecule has 3 heteroatoms. The summed E-state index contributed by atoms with van der Waals surface area (Å²) < 4.78 is 0. The Morgan fingerprint density at radius 3 is 2.67 bits per heavy atom. The first-order valence-corrected chi connectivity index (χ1v) is 10.9. The number of para-hydroxylation sites is 1. The van der Waals surface area contributed by atoms with Crippen molar-refractivity contribution >= 4 is 17.0 Å². The molecule has 3 nitrogen and oxygen atoms in total. The summed E-state index contributed by atoms with van der Waals surface area (Å²) in [7, 11) is 0. The molecule has 2 aromatic rings. The lowest BCUT2D eigenvalue weighted by Gasteiger charge is -2.33. The number of benzene rings is 2. The summed E-state index contributed by atoms with van der Waals surface area (Å²) >= 11 is 0. The van der Waals surface area contributed by atoms with Crippen molar-refractivity contribution < 1.29 is 4.79 Å². The highest BCUT2D eigenvalue weighted by molar-refractivity contribution is 5.90. The van der Waals surface area contributed by atoms with E-state index in [0.29, 0.717) is 0 Å². The molecule has 0 saturated heterocycles. The van der Waals surface area contributed by atoms with Crippen molar-refractivity contribution in [2.45, 2.75) is 51.1 Å². The van der Waals surface area contributed by atoms with Gasteiger partial charge in [-0.15, -0.1) is 0 Å². The van der Waals surface area contributed by atoms with Crippen LogP contribution in [0.4, 0.5) is 5.69 Å². The van der Waals surface area contributed by atoms with Gasteiger partial charge in [-0.25, -0.2) is 0 Å². The standard InChI is InChI=1S/C27H28N2O/c1-17(23-13-7-9-20-8-4-5-12-24(20)23)28-25-15-14-21-10-6-11-22-16-26(19(3)30)29(18(25)2)27(21)22/h4-6,8,10-13,25-26,28H,1-2,7,9,14-16H2,3H3. The van der Waals surface area contributed by atoms with Crippen LogP contribution in [0.15, 0.2) is 73.1 Å². The Morgan fingerprint density at radius 1 is 1.07 bits per heavy atom. The van der Waals surface area contributed by atoms with Crippen LogP contribution >= 0.6 is 0 Å².